The second kappa shape index (κ2) is 1.74. The smallest absolute Gasteiger partial charge is 0.204 e. The van der Waals surface area contributed by atoms with Gasteiger partial charge in [-0.1, -0.05) is 5.11 Å². The molecule has 1 radical (unpaired) electrons. The van der Waals surface area contributed by atoms with Crippen LogP contribution in [0.15, 0.2) is 11.4 Å². The van der Waals surface area contributed by atoms with Crippen LogP contribution in [0.2, 0.25) is 0 Å². The average Bonchev–Trinajstić information content (AvgIpc) is 2.14. The van der Waals surface area contributed by atoms with E-state index in [0.717, 1.165) is 11.5 Å². The second-order valence-corrected chi connectivity index (χ2v) is 1.58. The van der Waals surface area contributed by atoms with E-state index in [1.165, 1.54) is 6.33 Å². The lowest BCUT2D eigenvalue weighted by Gasteiger charge is -1.63. The van der Waals surface area contributed by atoms with Crippen LogP contribution < -0.4 is 5.53 Å². The van der Waals surface area contributed by atoms with Crippen LogP contribution in [0.5, 0.6) is 0 Å². The van der Waals surface area contributed by atoms with Crippen LogP contribution >= 0.6 is 11.5 Å². The number of hydrogen-bond donors (Lipinski definition) is 0. The van der Waals surface area contributed by atoms with E-state index < -0.39 is 0 Å². The molecular weight excluding hydrogens is 112 g/mol. The zero-order valence-corrected chi connectivity index (χ0v) is 4.09. The van der Waals surface area contributed by atoms with Crippen molar-refractivity contribution in [2.45, 2.75) is 0 Å². The van der Waals surface area contributed by atoms with Gasteiger partial charge in [0.1, 0.15) is 6.33 Å². The van der Waals surface area contributed by atoms with E-state index in [1.54, 1.807) is 0 Å². The lowest BCUT2D eigenvalue weighted by molar-refractivity contribution is 1.23. The molecule has 1 aromatic rings. The molecule has 0 unspecified atom stereocenters. The zero-order chi connectivity index (χ0) is 5.11. The summed E-state index contributed by atoms with van der Waals surface area (Å²) in [5, 5.41) is 3.07. The molecule has 0 atom stereocenters. The van der Waals surface area contributed by atoms with Gasteiger partial charge in [-0.15, -0.1) is 0 Å². The second-order valence-electron chi connectivity index (χ2n) is 0.824. The summed E-state index contributed by atoms with van der Waals surface area (Å²) in [5.41, 5.74) is 7.96. The maximum absolute atomic E-state index is 7.96. The van der Waals surface area contributed by atoms with Crippen molar-refractivity contribution in [3.8, 4) is 0 Å². The van der Waals surface area contributed by atoms with E-state index in [1.807, 2.05) is 0 Å². The minimum Gasteiger partial charge on any atom is -0.204 e. The summed E-state index contributed by atoms with van der Waals surface area (Å²) in [6.45, 7) is 0. The van der Waals surface area contributed by atoms with E-state index >= 15 is 0 Å². The first kappa shape index (κ1) is 4.32. The van der Waals surface area contributed by atoms with Gasteiger partial charge in [0.2, 0.25) is 0 Å². The predicted molar refractivity (Wildman–Crippen MR) is 24.1 cm³/mol. The van der Waals surface area contributed by atoms with Crippen molar-refractivity contribution < 1.29 is 0 Å². The van der Waals surface area contributed by atoms with Crippen molar-refractivity contribution in [1.29, 1.82) is 0 Å². The van der Waals surface area contributed by atoms with Gasteiger partial charge in [-0.05, 0) is 5.53 Å². The molecule has 0 aliphatic carbocycles. The molecule has 5 heteroatoms. The summed E-state index contributed by atoms with van der Waals surface area (Å²) in [5.74, 6) is 0. The van der Waals surface area contributed by atoms with Crippen LogP contribution in [0.25, 0.3) is 0 Å². The first-order valence-corrected chi connectivity index (χ1v) is 2.32. The lowest BCUT2D eigenvalue weighted by Crippen LogP contribution is -1.52. The van der Waals surface area contributed by atoms with E-state index in [2.05, 4.69) is 14.5 Å². The third-order valence-electron chi connectivity index (χ3n) is 0.435. The Morgan fingerprint density at radius 3 is 3.00 bits per heavy atom. The highest BCUT2D eigenvalue weighted by Gasteiger charge is 1.86. The summed E-state index contributed by atoms with van der Waals surface area (Å²) in [7, 11) is 0. The van der Waals surface area contributed by atoms with Crippen LogP contribution in [0.3, 0.4) is 0 Å². The van der Waals surface area contributed by atoms with Gasteiger partial charge in [-0.2, -0.15) is 4.37 Å². The Morgan fingerprint density at radius 2 is 2.71 bits per heavy atom. The molecule has 1 aromatic heterocycles. The van der Waals surface area contributed by atoms with Gasteiger partial charge < -0.3 is 0 Å². The maximum atomic E-state index is 7.96. The molecule has 0 amide bonds. The third kappa shape index (κ3) is 0.774. The average molecular weight is 113 g/mol. The Hall–Kier alpha value is -0.840. The molecule has 1 heterocycles. The number of nitrogens with zero attached hydrogens (tertiary/aromatic N) is 4. The van der Waals surface area contributed by atoms with Gasteiger partial charge in [-0.25, -0.2) is 4.98 Å². The molecule has 0 bridgehead atoms. The number of aromatic nitrogens is 2. The summed E-state index contributed by atoms with van der Waals surface area (Å²) >= 11 is 1.05. The fourth-order valence-electron chi connectivity index (χ4n) is 0.211. The fraction of sp³-hybridized carbons (Fsp3) is 0. The summed E-state index contributed by atoms with van der Waals surface area (Å²) in [6.07, 6.45) is 1.33. The van der Waals surface area contributed by atoms with Crippen LogP contribution in [-0.2, 0) is 0 Å². The van der Waals surface area contributed by atoms with Crippen LogP contribution in [0.4, 0.5) is 5.13 Å². The van der Waals surface area contributed by atoms with Gasteiger partial charge in [0.15, 0.2) is 0 Å². The zero-order valence-electron chi connectivity index (χ0n) is 3.27. The Kier molecular flexibility index (Phi) is 1.08. The molecule has 4 nitrogen and oxygen atoms in total. The first-order valence-electron chi connectivity index (χ1n) is 1.55. The standard InChI is InChI=1S/C2HN4S/c3-6-2-4-1-5-7-2/h1H. The van der Waals surface area contributed by atoms with E-state index in [9.17, 15) is 0 Å². The van der Waals surface area contributed by atoms with Crippen molar-refractivity contribution in [3.05, 3.63) is 6.33 Å². The van der Waals surface area contributed by atoms with Crippen molar-refractivity contribution in [3.63, 3.8) is 0 Å². The molecule has 0 saturated carbocycles. The molecule has 1 rings (SSSR count). The minimum atomic E-state index is 0.292. The van der Waals surface area contributed by atoms with Gasteiger partial charge in [0, 0.05) is 11.5 Å². The Labute approximate surface area is 43.9 Å². The van der Waals surface area contributed by atoms with E-state index in [0.29, 0.717) is 5.13 Å². The topological polar surface area (TPSA) is 60.4 Å². The van der Waals surface area contributed by atoms with Gasteiger partial charge in [-0.3, -0.25) is 0 Å². The quantitative estimate of drug-likeness (QED) is 0.495. The van der Waals surface area contributed by atoms with E-state index in [-0.39, 0.29) is 0 Å². The van der Waals surface area contributed by atoms with Crippen LogP contribution in [-0.4, -0.2) is 9.36 Å². The van der Waals surface area contributed by atoms with Crippen LogP contribution in [0, 0.1) is 0 Å². The predicted octanol–water partition coefficient (Wildman–Crippen LogP) is 0.422. The molecule has 0 aliphatic heterocycles. The maximum Gasteiger partial charge on any atom is 0.251 e. The largest absolute Gasteiger partial charge is 0.251 e. The molecule has 7 heavy (non-hydrogen) atoms. The summed E-state index contributed by atoms with van der Waals surface area (Å²) in [4.78, 5) is 3.53. The summed E-state index contributed by atoms with van der Waals surface area (Å²) in [6, 6.07) is 0. The first-order chi connectivity index (χ1) is 3.43. The Balaban J connectivity index is 2.96. The molecule has 0 spiro atoms. The van der Waals surface area contributed by atoms with Crippen molar-refractivity contribution in [1.82, 2.24) is 14.9 Å². The van der Waals surface area contributed by atoms with Crippen molar-refractivity contribution in [2.24, 2.45) is 5.11 Å². The van der Waals surface area contributed by atoms with E-state index in [4.69, 9.17) is 5.53 Å². The molecular formula is C2HN4S. The van der Waals surface area contributed by atoms with Crippen molar-refractivity contribution in [2.75, 3.05) is 0 Å². The van der Waals surface area contributed by atoms with Gasteiger partial charge in [0.25, 0.3) is 5.13 Å². The van der Waals surface area contributed by atoms with Gasteiger partial charge in [0.05, 0.1) is 0 Å². The molecule has 35 valence electrons. The fourth-order valence-corrected chi connectivity index (χ4v) is 0.531. The SMILES string of the molecule is [N]=Nc1ncns1. The normalized spacial score (nSPS) is 8.57. The monoisotopic (exact) mass is 113 g/mol. The lowest BCUT2D eigenvalue weighted by atomic mass is 11.2. The Morgan fingerprint density at radius 1 is 1.86 bits per heavy atom. The number of rotatable bonds is 1. The summed E-state index contributed by atoms with van der Waals surface area (Å²) < 4.78 is 3.57. The minimum absolute atomic E-state index is 0.292. The molecule has 0 aromatic carbocycles. The third-order valence-corrected chi connectivity index (χ3v) is 0.985. The van der Waals surface area contributed by atoms with Crippen LogP contribution in [0.1, 0.15) is 0 Å². The Bertz CT molecular complexity index is 145. The highest BCUT2D eigenvalue weighted by atomic mass is 32.1. The number of hydrogen-bond acceptors (Lipinski definition) is 4. The molecule has 0 fully saturated rings. The highest BCUT2D eigenvalue weighted by molar-refractivity contribution is 7.09. The molecule has 0 aliphatic rings. The van der Waals surface area contributed by atoms with Crippen molar-refractivity contribution >= 4 is 16.7 Å². The molecule has 0 saturated heterocycles. The highest BCUT2D eigenvalue weighted by Crippen LogP contribution is 2.08. The van der Waals surface area contributed by atoms with Gasteiger partial charge >= 0.3 is 0 Å². The molecule has 0 N–H and O–H groups in total.